The molecule has 98 valence electrons. The highest BCUT2D eigenvalue weighted by Gasteiger charge is 2.26. The van der Waals surface area contributed by atoms with Crippen LogP contribution in [-0.4, -0.2) is 20.3 Å². The Labute approximate surface area is 108 Å². The highest BCUT2D eigenvalue weighted by Crippen LogP contribution is 2.39. The molecule has 2 aliphatic rings. The summed E-state index contributed by atoms with van der Waals surface area (Å²) in [6.45, 7) is 1.51. The SMILES string of the molecule is CNC(CC1CC1)c1ccc2c(c1)OCCCO2. The number of hydrogen-bond donors (Lipinski definition) is 1. The molecular formula is C15H21NO2. The van der Waals surface area contributed by atoms with E-state index in [1.807, 2.05) is 13.1 Å². The topological polar surface area (TPSA) is 30.5 Å². The number of hydrogen-bond acceptors (Lipinski definition) is 3. The quantitative estimate of drug-likeness (QED) is 0.887. The maximum Gasteiger partial charge on any atom is 0.161 e. The third-order valence-electron chi connectivity index (χ3n) is 3.79. The second kappa shape index (κ2) is 5.19. The van der Waals surface area contributed by atoms with E-state index in [0.717, 1.165) is 37.1 Å². The van der Waals surface area contributed by atoms with Crippen molar-refractivity contribution in [2.45, 2.75) is 31.7 Å². The van der Waals surface area contributed by atoms with Crippen LogP contribution in [0.5, 0.6) is 11.5 Å². The van der Waals surface area contributed by atoms with Crippen molar-refractivity contribution in [1.29, 1.82) is 0 Å². The molecule has 1 fully saturated rings. The third kappa shape index (κ3) is 2.61. The summed E-state index contributed by atoms with van der Waals surface area (Å²) in [7, 11) is 2.04. The molecule has 1 heterocycles. The van der Waals surface area contributed by atoms with Crippen LogP contribution in [0.1, 0.15) is 37.3 Å². The largest absolute Gasteiger partial charge is 0.490 e. The van der Waals surface area contributed by atoms with E-state index in [2.05, 4.69) is 17.4 Å². The Morgan fingerprint density at radius 2 is 2.00 bits per heavy atom. The lowest BCUT2D eigenvalue weighted by atomic mass is 10.0. The first-order valence-electron chi connectivity index (χ1n) is 6.93. The van der Waals surface area contributed by atoms with Crippen LogP contribution in [0.3, 0.4) is 0 Å². The van der Waals surface area contributed by atoms with E-state index in [0.29, 0.717) is 6.04 Å². The van der Waals surface area contributed by atoms with Gasteiger partial charge in [-0.2, -0.15) is 0 Å². The zero-order valence-electron chi connectivity index (χ0n) is 10.9. The Hall–Kier alpha value is -1.22. The van der Waals surface area contributed by atoms with Crippen LogP contribution >= 0.6 is 0 Å². The summed E-state index contributed by atoms with van der Waals surface area (Å²) in [4.78, 5) is 0. The summed E-state index contributed by atoms with van der Waals surface area (Å²) in [5.41, 5.74) is 1.31. The van der Waals surface area contributed by atoms with Crippen molar-refractivity contribution < 1.29 is 9.47 Å². The molecule has 1 saturated carbocycles. The molecule has 1 aromatic rings. The number of ether oxygens (including phenoxy) is 2. The van der Waals surface area contributed by atoms with Crippen molar-refractivity contribution in [3.63, 3.8) is 0 Å². The van der Waals surface area contributed by atoms with Crippen LogP contribution in [0.2, 0.25) is 0 Å². The molecule has 1 N–H and O–H groups in total. The second-order valence-corrected chi connectivity index (χ2v) is 5.28. The van der Waals surface area contributed by atoms with Gasteiger partial charge in [-0.3, -0.25) is 0 Å². The fourth-order valence-corrected chi connectivity index (χ4v) is 2.50. The van der Waals surface area contributed by atoms with Crippen molar-refractivity contribution in [1.82, 2.24) is 5.32 Å². The summed E-state index contributed by atoms with van der Waals surface area (Å²) >= 11 is 0. The first kappa shape index (κ1) is 11.8. The van der Waals surface area contributed by atoms with E-state index in [1.165, 1.54) is 24.8 Å². The van der Waals surface area contributed by atoms with Gasteiger partial charge < -0.3 is 14.8 Å². The predicted molar refractivity (Wildman–Crippen MR) is 71.2 cm³/mol. The van der Waals surface area contributed by atoms with Gasteiger partial charge in [0.15, 0.2) is 11.5 Å². The van der Waals surface area contributed by atoms with E-state index in [1.54, 1.807) is 0 Å². The fraction of sp³-hybridized carbons (Fsp3) is 0.600. The molecular weight excluding hydrogens is 226 g/mol. The number of fused-ring (bicyclic) bond motifs is 1. The van der Waals surface area contributed by atoms with Crippen molar-refractivity contribution in [3.8, 4) is 11.5 Å². The zero-order valence-corrected chi connectivity index (χ0v) is 10.9. The van der Waals surface area contributed by atoms with Crippen LogP contribution in [0, 0.1) is 5.92 Å². The lowest BCUT2D eigenvalue weighted by Gasteiger charge is -2.18. The summed E-state index contributed by atoms with van der Waals surface area (Å²) in [5.74, 6) is 2.71. The Balaban J connectivity index is 1.80. The Kier molecular flexibility index (Phi) is 3.41. The van der Waals surface area contributed by atoms with E-state index >= 15 is 0 Å². The van der Waals surface area contributed by atoms with E-state index in [-0.39, 0.29) is 0 Å². The molecule has 3 rings (SSSR count). The average molecular weight is 247 g/mol. The summed E-state index contributed by atoms with van der Waals surface area (Å²) in [6, 6.07) is 6.80. The molecule has 0 radical (unpaired) electrons. The minimum atomic E-state index is 0.439. The molecule has 1 unspecified atom stereocenters. The van der Waals surface area contributed by atoms with Crippen LogP contribution in [-0.2, 0) is 0 Å². The summed E-state index contributed by atoms with van der Waals surface area (Å²) < 4.78 is 11.4. The molecule has 1 aromatic carbocycles. The van der Waals surface area contributed by atoms with E-state index < -0.39 is 0 Å². The van der Waals surface area contributed by atoms with Crippen LogP contribution in [0.25, 0.3) is 0 Å². The third-order valence-corrected chi connectivity index (χ3v) is 3.79. The summed E-state index contributed by atoms with van der Waals surface area (Å²) in [5, 5.41) is 3.42. The maximum atomic E-state index is 5.75. The molecule has 3 nitrogen and oxygen atoms in total. The van der Waals surface area contributed by atoms with Gasteiger partial charge in [-0.15, -0.1) is 0 Å². The van der Waals surface area contributed by atoms with Gasteiger partial charge in [-0.25, -0.2) is 0 Å². The number of nitrogens with one attached hydrogen (secondary N) is 1. The first-order valence-corrected chi connectivity index (χ1v) is 6.93. The van der Waals surface area contributed by atoms with Crippen molar-refractivity contribution in [3.05, 3.63) is 23.8 Å². The van der Waals surface area contributed by atoms with Gasteiger partial charge in [0.1, 0.15) is 0 Å². The minimum absolute atomic E-state index is 0.439. The van der Waals surface area contributed by atoms with Gasteiger partial charge in [-0.05, 0) is 37.1 Å². The summed E-state index contributed by atoms with van der Waals surface area (Å²) in [6.07, 6.45) is 4.98. The molecule has 1 atom stereocenters. The van der Waals surface area contributed by atoms with Gasteiger partial charge in [0.2, 0.25) is 0 Å². The number of benzene rings is 1. The number of rotatable bonds is 4. The molecule has 1 aliphatic heterocycles. The van der Waals surface area contributed by atoms with Crippen LogP contribution in [0.15, 0.2) is 18.2 Å². The highest BCUT2D eigenvalue weighted by molar-refractivity contribution is 5.44. The standard InChI is InChI=1S/C15H21NO2/c1-16-13(9-11-3-4-11)12-5-6-14-15(10-12)18-8-2-7-17-14/h5-6,10-11,13,16H,2-4,7-9H2,1H3. The molecule has 0 bridgehead atoms. The zero-order chi connectivity index (χ0) is 12.4. The van der Waals surface area contributed by atoms with Crippen molar-refractivity contribution >= 4 is 0 Å². The minimum Gasteiger partial charge on any atom is -0.490 e. The van der Waals surface area contributed by atoms with Crippen LogP contribution in [0.4, 0.5) is 0 Å². The van der Waals surface area contributed by atoms with E-state index in [9.17, 15) is 0 Å². The van der Waals surface area contributed by atoms with E-state index in [4.69, 9.17) is 9.47 Å². The average Bonchev–Trinajstić information content (AvgIpc) is 3.22. The lowest BCUT2D eigenvalue weighted by molar-refractivity contribution is 0.297. The van der Waals surface area contributed by atoms with Gasteiger partial charge in [0, 0.05) is 12.5 Å². The van der Waals surface area contributed by atoms with Crippen molar-refractivity contribution in [2.24, 2.45) is 5.92 Å². The Morgan fingerprint density at radius 3 is 2.72 bits per heavy atom. The molecule has 0 spiro atoms. The smallest absolute Gasteiger partial charge is 0.161 e. The Bertz CT molecular complexity index is 415. The molecule has 3 heteroatoms. The molecule has 18 heavy (non-hydrogen) atoms. The Morgan fingerprint density at radius 1 is 1.22 bits per heavy atom. The fourth-order valence-electron chi connectivity index (χ4n) is 2.50. The predicted octanol–water partition coefficient (Wildman–Crippen LogP) is 2.91. The van der Waals surface area contributed by atoms with Crippen LogP contribution < -0.4 is 14.8 Å². The highest BCUT2D eigenvalue weighted by atomic mass is 16.5. The second-order valence-electron chi connectivity index (χ2n) is 5.28. The normalized spacial score (nSPS) is 20.3. The monoisotopic (exact) mass is 247 g/mol. The van der Waals surface area contributed by atoms with Gasteiger partial charge in [0.25, 0.3) is 0 Å². The van der Waals surface area contributed by atoms with Gasteiger partial charge >= 0.3 is 0 Å². The maximum absolute atomic E-state index is 5.75. The molecule has 0 aromatic heterocycles. The molecule has 0 amide bonds. The van der Waals surface area contributed by atoms with Gasteiger partial charge in [0.05, 0.1) is 13.2 Å². The van der Waals surface area contributed by atoms with Crippen molar-refractivity contribution in [2.75, 3.05) is 20.3 Å². The molecule has 0 saturated heterocycles. The molecule has 1 aliphatic carbocycles. The first-order chi connectivity index (χ1) is 8.86. The van der Waals surface area contributed by atoms with Gasteiger partial charge in [-0.1, -0.05) is 18.9 Å². The lowest BCUT2D eigenvalue weighted by Crippen LogP contribution is -2.17.